The van der Waals surface area contributed by atoms with E-state index in [0.29, 0.717) is 6.54 Å². The second kappa shape index (κ2) is 10.8. The fraction of sp³-hybridized carbons (Fsp3) is 0.600. The number of hydrogen-bond donors (Lipinski definition) is 4. The lowest BCUT2D eigenvalue weighted by molar-refractivity contribution is -0.139. The third-order valence-corrected chi connectivity index (χ3v) is 3.91. The van der Waals surface area contributed by atoms with Gasteiger partial charge in [0, 0.05) is 12.6 Å². The Bertz CT molecular complexity index is 595. The van der Waals surface area contributed by atoms with Crippen LogP contribution in [0.15, 0.2) is 24.3 Å². The summed E-state index contributed by atoms with van der Waals surface area (Å²) in [5.74, 6) is -0.825. The predicted octanol–water partition coefficient (Wildman–Crippen LogP) is 3.06. The number of ether oxygens (including phenoxy) is 1. The Kier molecular flexibility index (Phi) is 9.08. The van der Waals surface area contributed by atoms with Gasteiger partial charge in [0.2, 0.25) is 0 Å². The maximum Gasteiger partial charge on any atom is 0.407 e. The molecule has 0 aliphatic rings. The Morgan fingerprint density at radius 2 is 1.81 bits per heavy atom. The van der Waals surface area contributed by atoms with E-state index in [-0.39, 0.29) is 18.2 Å². The Labute approximate surface area is 161 Å². The number of carboxylic acid groups (broad SMARTS) is 1. The first-order valence-corrected chi connectivity index (χ1v) is 9.34. The summed E-state index contributed by atoms with van der Waals surface area (Å²) in [4.78, 5) is 23.6. The average molecular weight is 380 g/mol. The molecule has 0 saturated carbocycles. The number of amides is 1. The molecule has 0 saturated heterocycles. The molecule has 152 valence electrons. The number of benzene rings is 1. The first-order valence-electron chi connectivity index (χ1n) is 9.34. The summed E-state index contributed by atoms with van der Waals surface area (Å²) < 4.78 is 5.29. The molecule has 0 fully saturated rings. The van der Waals surface area contributed by atoms with Gasteiger partial charge in [0.05, 0.1) is 0 Å². The van der Waals surface area contributed by atoms with Gasteiger partial charge < -0.3 is 25.6 Å². The first kappa shape index (κ1) is 22.8. The quantitative estimate of drug-likeness (QED) is 0.497. The van der Waals surface area contributed by atoms with Crippen molar-refractivity contribution in [3.63, 3.8) is 0 Å². The van der Waals surface area contributed by atoms with Crippen LogP contribution < -0.4 is 10.6 Å². The van der Waals surface area contributed by atoms with Gasteiger partial charge in [-0.05, 0) is 51.3 Å². The lowest BCUT2D eigenvalue weighted by Crippen LogP contribution is -2.48. The SMILES string of the molecule is CCCC[C@@H](CN[C@@H](Cc1ccc(O)cc1)C(=O)O)NC(=O)OC(C)(C)C. The van der Waals surface area contributed by atoms with Crippen LogP contribution in [0.1, 0.15) is 52.5 Å². The molecule has 0 radical (unpaired) electrons. The van der Waals surface area contributed by atoms with Gasteiger partial charge in [-0.3, -0.25) is 4.79 Å². The van der Waals surface area contributed by atoms with Gasteiger partial charge in [0.15, 0.2) is 0 Å². The van der Waals surface area contributed by atoms with Crippen LogP contribution in [0, 0.1) is 0 Å². The first-order chi connectivity index (χ1) is 12.6. The third-order valence-electron chi connectivity index (χ3n) is 3.91. The average Bonchev–Trinajstić information content (AvgIpc) is 2.55. The summed E-state index contributed by atoms with van der Waals surface area (Å²) >= 11 is 0. The Hall–Kier alpha value is -2.28. The van der Waals surface area contributed by atoms with Crippen molar-refractivity contribution in [3.8, 4) is 5.75 Å². The zero-order valence-electron chi connectivity index (χ0n) is 16.6. The topological polar surface area (TPSA) is 108 Å². The van der Waals surface area contributed by atoms with Crippen molar-refractivity contribution in [2.75, 3.05) is 6.54 Å². The number of carboxylic acids is 1. The molecule has 2 atom stereocenters. The molecule has 0 aliphatic carbocycles. The van der Waals surface area contributed by atoms with Crippen molar-refractivity contribution in [3.05, 3.63) is 29.8 Å². The molecule has 7 nitrogen and oxygen atoms in total. The zero-order chi connectivity index (χ0) is 20.4. The van der Waals surface area contributed by atoms with E-state index in [4.69, 9.17) is 4.74 Å². The molecule has 1 amide bonds. The van der Waals surface area contributed by atoms with Crippen LogP contribution in [0.4, 0.5) is 4.79 Å². The molecule has 0 unspecified atom stereocenters. The number of phenolic OH excluding ortho intramolecular Hbond substituents is 1. The Morgan fingerprint density at radius 1 is 1.19 bits per heavy atom. The predicted molar refractivity (Wildman–Crippen MR) is 104 cm³/mol. The summed E-state index contributed by atoms with van der Waals surface area (Å²) in [5, 5.41) is 24.7. The molecule has 27 heavy (non-hydrogen) atoms. The van der Waals surface area contributed by atoms with Gasteiger partial charge in [-0.2, -0.15) is 0 Å². The minimum absolute atomic E-state index is 0.139. The number of nitrogens with one attached hydrogen (secondary N) is 2. The van der Waals surface area contributed by atoms with Crippen LogP contribution in [0.3, 0.4) is 0 Å². The Morgan fingerprint density at radius 3 is 2.33 bits per heavy atom. The van der Waals surface area contributed by atoms with E-state index in [1.54, 1.807) is 32.9 Å². The van der Waals surface area contributed by atoms with Gasteiger partial charge >= 0.3 is 12.1 Å². The van der Waals surface area contributed by atoms with Crippen molar-refractivity contribution in [1.82, 2.24) is 10.6 Å². The summed E-state index contributed by atoms with van der Waals surface area (Å²) in [6.45, 7) is 7.77. The molecule has 0 bridgehead atoms. The molecular weight excluding hydrogens is 348 g/mol. The highest BCUT2D eigenvalue weighted by molar-refractivity contribution is 5.74. The highest BCUT2D eigenvalue weighted by Crippen LogP contribution is 2.12. The highest BCUT2D eigenvalue weighted by atomic mass is 16.6. The number of carbonyl (C=O) groups is 2. The monoisotopic (exact) mass is 380 g/mol. The number of alkyl carbamates (subject to hydrolysis) is 1. The Balaban J connectivity index is 2.66. The largest absolute Gasteiger partial charge is 0.508 e. The molecular formula is C20H32N2O5. The second-order valence-electron chi connectivity index (χ2n) is 7.66. The number of rotatable bonds is 10. The van der Waals surface area contributed by atoms with Crippen molar-refractivity contribution in [2.45, 2.75) is 71.1 Å². The maximum absolute atomic E-state index is 12.0. The van der Waals surface area contributed by atoms with E-state index in [9.17, 15) is 19.8 Å². The fourth-order valence-corrected chi connectivity index (χ4v) is 2.55. The van der Waals surface area contributed by atoms with E-state index in [1.807, 2.05) is 0 Å². The van der Waals surface area contributed by atoms with Crippen LogP contribution in [-0.2, 0) is 16.0 Å². The molecule has 1 aromatic rings. The number of aliphatic carboxylic acids is 1. The smallest absolute Gasteiger partial charge is 0.407 e. The van der Waals surface area contributed by atoms with Crippen molar-refractivity contribution < 1.29 is 24.5 Å². The number of hydrogen-bond acceptors (Lipinski definition) is 5. The lowest BCUT2D eigenvalue weighted by atomic mass is 10.0. The number of carbonyl (C=O) groups excluding carboxylic acids is 1. The van der Waals surface area contributed by atoms with Gasteiger partial charge in [-0.25, -0.2) is 4.79 Å². The minimum Gasteiger partial charge on any atom is -0.508 e. The van der Waals surface area contributed by atoms with Crippen LogP contribution in [-0.4, -0.2) is 46.5 Å². The van der Waals surface area contributed by atoms with E-state index in [1.165, 1.54) is 12.1 Å². The van der Waals surface area contributed by atoms with Gasteiger partial charge in [0.1, 0.15) is 17.4 Å². The van der Waals surface area contributed by atoms with E-state index >= 15 is 0 Å². The van der Waals surface area contributed by atoms with E-state index in [2.05, 4.69) is 17.6 Å². The third kappa shape index (κ3) is 9.84. The van der Waals surface area contributed by atoms with Crippen LogP contribution >= 0.6 is 0 Å². The standard InChI is InChI=1S/C20H32N2O5/c1-5-6-7-15(22-19(26)27-20(2,3)4)13-21-17(18(24)25)12-14-8-10-16(23)11-9-14/h8-11,15,17,21,23H,5-7,12-13H2,1-4H3,(H,22,26)(H,24,25)/t15-,17-/m0/s1. The van der Waals surface area contributed by atoms with Crippen molar-refractivity contribution >= 4 is 12.1 Å². The molecule has 4 N–H and O–H groups in total. The summed E-state index contributed by atoms with van der Waals surface area (Å²) in [6.07, 6.45) is 2.40. The van der Waals surface area contributed by atoms with Crippen LogP contribution in [0.2, 0.25) is 0 Å². The molecule has 0 heterocycles. The number of aromatic hydroxyl groups is 1. The highest BCUT2D eigenvalue weighted by Gasteiger charge is 2.22. The normalized spacial score (nSPS) is 13.6. The molecule has 1 aromatic carbocycles. The lowest BCUT2D eigenvalue weighted by Gasteiger charge is -2.25. The summed E-state index contributed by atoms with van der Waals surface area (Å²) in [6, 6.07) is 5.44. The molecule has 0 aromatic heterocycles. The van der Waals surface area contributed by atoms with E-state index in [0.717, 1.165) is 24.8 Å². The van der Waals surface area contributed by atoms with E-state index < -0.39 is 23.7 Å². The van der Waals surface area contributed by atoms with Gasteiger partial charge in [-0.15, -0.1) is 0 Å². The molecule has 7 heteroatoms. The molecule has 1 rings (SSSR count). The summed E-state index contributed by atoms with van der Waals surface area (Å²) in [5.41, 5.74) is 0.216. The zero-order valence-corrected chi connectivity index (χ0v) is 16.6. The van der Waals surface area contributed by atoms with Crippen molar-refractivity contribution in [1.29, 1.82) is 0 Å². The minimum atomic E-state index is -0.963. The fourth-order valence-electron chi connectivity index (χ4n) is 2.55. The molecule has 0 spiro atoms. The van der Waals surface area contributed by atoms with Crippen LogP contribution in [0.25, 0.3) is 0 Å². The number of phenols is 1. The summed E-state index contributed by atoms with van der Waals surface area (Å²) in [7, 11) is 0. The second-order valence-corrected chi connectivity index (χ2v) is 7.66. The van der Waals surface area contributed by atoms with Crippen LogP contribution in [0.5, 0.6) is 5.75 Å². The van der Waals surface area contributed by atoms with Gasteiger partial charge in [-0.1, -0.05) is 31.9 Å². The molecule has 0 aliphatic heterocycles. The van der Waals surface area contributed by atoms with Gasteiger partial charge in [0.25, 0.3) is 0 Å². The van der Waals surface area contributed by atoms with Crippen molar-refractivity contribution in [2.24, 2.45) is 0 Å². The maximum atomic E-state index is 12.0. The number of unbranched alkanes of at least 4 members (excludes halogenated alkanes) is 1.